The van der Waals surface area contributed by atoms with Gasteiger partial charge in [0.05, 0.1) is 28.8 Å². The molecule has 2 aliphatic rings. The van der Waals surface area contributed by atoms with Gasteiger partial charge in [0.2, 0.25) is 5.91 Å². The zero-order chi connectivity index (χ0) is 24.8. The third kappa shape index (κ3) is 4.61. The number of nitrogens with zero attached hydrogens (tertiary/aromatic N) is 3. The van der Waals surface area contributed by atoms with Gasteiger partial charge in [-0.1, -0.05) is 0 Å². The van der Waals surface area contributed by atoms with Crippen LogP contribution in [0.3, 0.4) is 0 Å². The molecular formula is C22H23F3N4O4S. The van der Waals surface area contributed by atoms with Crippen molar-refractivity contribution < 1.29 is 31.1 Å². The number of sulfone groups is 1. The Kier molecular flexibility index (Phi) is 6.10. The largest absolute Gasteiger partial charge is 0.435 e. The van der Waals surface area contributed by atoms with Crippen LogP contribution in [-0.2, 0) is 27.5 Å². The van der Waals surface area contributed by atoms with Gasteiger partial charge < -0.3 is 10.1 Å². The van der Waals surface area contributed by atoms with Crippen LogP contribution >= 0.6 is 0 Å². The fourth-order valence-electron chi connectivity index (χ4n) is 4.71. The van der Waals surface area contributed by atoms with E-state index in [9.17, 15) is 31.6 Å². The lowest BCUT2D eigenvalue weighted by Gasteiger charge is -2.39. The molecule has 2 heterocycles. The van der Waals surface area contributed by atoms with Gasteiger partial charge in [-0.2, -0.15) is 19.1 Å². The van der Waals surface area contributed by atoms with Crippen LogP contribution in [0, 0.1) is 23.1 Å². The maximum absolute atomic E-state index is 14.7. The smallest absolute Gasteiger partial charge is 0.387 e. The standard InChI is InChI=1S/C22H23F3N4O4S/c1-12(9-26)29-18-7-13(20(30)27-22(2)10-34(31,32)11-22)3-5-15(18)19(28-29)16-8-14(33-21(24)25)4-6-17(16)23/h4,6,8,12-13,21H,3,5,7,10-11H2,1-2H3,(H,27,30)/t12?,13-/m1/s1. The van der Waals surface area contributed by atoms with E-state index in [1.54, 1.807) is 13.8 Å². The summed E-state index contributed by atoms with van der Waals surface area (Å²) in [7, 11) is -3.14. The maximum atomic E-state index is 14.7. The van der Waals surface area contributed by atoms with Crippen LogP contribution in [0.15, 0.2) is 18.2 Å². The summed E-state index contributed by atoms with van der Waals surface area (Å²) in [5.74, 6) is -1.92. The highest BCUT2D eigenvalue weighted by molar-refractivity contribution is 7.93. The highest BCUT2D eigenvalue weighted by Gasteiger charge is 2.46. The van der Waals surface area contributed by atoms with Crippen molar-refractivity contribution in [3.8, 4) is 23.1 Å². The number of ether oxygens (including phenoxy) is 1. The molecule has 2 atom stereocenters. The molecule has 4 rings (SSSR count). The molecule has 0 bridgehead atoms. The van der Waals surface area contributed by atoms with Crippen LogP contribution in [0.5, 0.6) is 5.75 Å². The van der Waals surface area contributed by atoms with Gasteiger partial charge in [-0.25, -0.2) is 12.8 Å². The Balaban J connectivity index is 1.66. The van der Waals surface area contributed by atoms with Crippen molar-refractivity contribution in [2.24, 2.45) is 5.92 Å². The van der Waals surface area contributed by atoms with Gasteiger partial charge in [-0.05, 0) is 44.9 Å². The fraction of sp³-hybridized carbons (Fsp3) is 0.500. The van der Waals surface area contributed by atoms with Crippen molar-refractivity contribution in [3.63, 3.8) is 0 Å². The number of rotatable bonds is 6. The quantitative estimate of drug-likeness (QED) is 0.658. The maximum Gasteiger partial charge on any atom is 0.387 e. The molecule has 12 heteroatoms. The second-order valence-electron chi connectivity index (χ2n) is 9.07. The highest BCUT2D eigenvalue weighted by atomic mass is 32.2. The number of aromatic nitrogens is 2. The topological polar surface area (TPSA) is 114 Å². The van der Waals surface area contributed by atoms with E-state index >= 15 is 0 Å². The molecule has 1 aliphatic carbocycles. The zero-order valence-electron chi connectivity index (χ0n) is 18.5. The Bertz CT molecular complexity index is 1270. The summed E-state index contributed by atoms with van der Waals surface area (Å²) in [5.41, 5.74) is 0.590. The third-order valence-electron chi connectivity index (χ3n) is 6.15. The lowest BCUT2D eigenvalue weighted by molar-refractivity contribution is -0.126. The number of benzene rings is 1. The van der Waals surface area contributed by atoms with Crippen LogP contribution in [-0.4, -0.2) is 47.8 Å². The second-order valence-corrected chi connectivity index (χ2v) is 11.1. The van der Waals surface area contributed by atoms with E-state index in [4.69, 9.17) is 0 Å². The van der Waals surface area contributed by atoms with Gasteiger partial charge in [-0.15, -0.1) is 0 Å². The number of carbonyl (C=O) groups excluding carboxylic acids is 1. The molecule has 1 aliphatic heterocycles. The van der Waals surface area contributed by atoms with Crippen molar-refractivity contribution in [2.45, 2.75) is 51.3 Å². The van der Waals surface area contributed by atoms with E-state index in [2.05, 4.69) is 21.2 Å². The molecule has 0 spiro atoms. The molecule has 182 valence electrons. The number of alkyl halides is 2. The molecule has 1 saturated heterocycles. The number of hydrogen-bond donors (Lipinski definition) is 1. The summed E-state index contributed by atoms with van der Waals surface area (Å²) < 4.78 is 68.9. The van der Waals surface area contributed by atoms with E-state index in [1.165, 1.54) is 4.68 Å². The van der Waals surface area contributed by atoms with Gasteiger partial charge in [-0.3, -0.25) is 9.48 Å². The summed E-state index contributed by atoms with van der Waals surface area (Å²) in [6, 6.07) is 4.60. The van der Waals surface area contributed by atoms with Crippen molar-refractivity contribution in [2.75, 3.05) is 11.5 Å². The number of nitrogens with one attached hydrogen (secondary N) is 1. The fourth-order valence-corrected chi connectivity index (χ4v) is 6.72. The highest BCUT2D eigenvalue weighted by Crippen LogP contribution is 2.37. The summed E-state index contributed by atoms with van der Waals surface area (Å²) in [4.78, 5) is 12.9. The van der Waals surface area contributed by atoms with E-state index in [0.717, 1.165) is 18.2 Å². The number of nitriles is 1. The van der Waals surface area contributed by atoms with Gasteiger partial charge in [0.25, 0.3) is 0 Å². The van der Waals surface area contributed by atoms with Gasteiger partial charge >= 0.3 is 6.61 Å². The summed E-state index contributed by atoms with van der Waals surface area (Å²) >= 11 is 0. The van der Waals surface area contributed by atoms with Crippen molar-refractivity contribution in [3.05, 3.63) is 35.3 Å². The number of amides is 1. The molecule has 0 radical (unpaired) electrons. The van der Waals surface area contributed by atoms with Crippen LogP contribution in [0.4, 0.5) is 13.2 Å². The van der Waals surface area contributed by atoms with Crippen LogP contribution < -0.4 is 10.1 Å². The SMILES string of the molecule is CC(C#N)n1nc(-c2cc(OC(F)F)ccc2F)c2c1C[C@H](C(=O)NC1(C)CS(=O)(=O)C1)CC2. The minimum atomic E-state index is -3.14. The third-order valence-corrected chi connectivity index (χ3v) is 8.30. The van der Waals surface area contributed by atoms with Gasteiger partial charge in [0.15, 0.2) is 9.84 Å². The number of hydrogen-bond acceptors (Lipinski definition) is 6. The molecule has 34 heavy (non-hydrogen) atoms. The van der Waals surface area contributed by atoms with E-state index in [1.807, 2.05) is 0 Å². The van der Waals surface area contributed by atoms with Crippen molar-refractivity contribution in [1.29, 1.82) is 5.26 Å². The Morgan fingerprint density at radius 1 is 1.38 bits per heavy atom. The predicted molar refractivity (Wildman–Crippen MR) is 115 cm³/mol. The lowest BCUT2D eigenvalue weighted by atomic mass is 9.84. The number of fused-ring (bicyclic) bond motifs is 1. The first kappa shape index (κ1) is 24.1. The molecule has 8 nitrogen and oxygen atoms in total. The minimum Gasteiger partial charge on any atom is -0.435 e. The molecule has 0 saturated carbocycles. The first-order valence-electron chi connectivity index (χ1n) is 10.7. The van der Waals surface area contributed by atoms with E-state index in [0.29, 0.717) is 24.1 Å². The Hall–Kier alpha value is -3.07. The molecule has 1 N–H and O–H groups in total. The molecule has 1 aromatic carbocycles. The molecule has 1 unspecified atom stereocenters. The van der Waals surface area contributed by atoms with E-state index < -0.39 is 39.8 Å². The average Bonchev–Trinajstić information content (AvgIpc) is 3.11. The number of carbonyl (C=O) groups is 1. The molecule has 2 aromatic rings. The van der Waals surface area contributed by atoms with Crippen molar-refractivity contribution in [1.82, 2.24) is 15.1 Å². The minimum absolute atomic E-state index is 0.0339. The summed E-state index contributed by atoms with van der Waals surface area (Å²) in [6.45, 7) is 0.209. The van der Waals surface area contributed by atoms with Crippen molar-refractivity contribution >= 4 is 15.7 Å². The second kappa shape index (κ2) is 8.61. The Labute approximate surface area is 194 Å². The van der Waals surface area contributed by atoms with Gasteiger partial charge in [0, 0.05) is 29.2 Å². The predicted octanol–water partition coefficient (Wildman–Crippen LogP) is 2.78. The summed E-state index contributed by atoms with van der Waals surface area (Å²) in [6.07, 6.45) is 0.962. The van der Waals surface area contributed by atoms with Crippen LogP contribution in [0.1, 0.15) is 37.6 Å². The van der Waals surface area contributed by atoms with Gasteiger partial charge in [0.1, 0.15) is 17.6 Å². The van der Waals surface area contributed by atoms with Crippen LogP contribution in [0.2, 0.25) is 0 Å². The lowest BCUT2D eigenvalue weighted by Crippen LogP contribution is -2.64. The van der Waals surface area contributed by atoms with E-state index in [-0.39, 0.29) is 40.8 Å². The molecular weight excluding hydrogens is 473 g/mol. The zero-order valence-corrected chi connectivity index (χ0v) is 19.3. The monoisotopic (exact) mass is 496 g/mol. The molecule has 1 aromatic heterocycles. The molecule has 1 fully saturated rings. The Morgan fingerprint density at radius 2 is 2.09 bits per heavy atom. The van der Waals surface area contributed by atoms with Crippen LogP contribution in [0.25, 0.3) is 11.3 Å². The first-order valence-corrected chi connectivity index (χ1v) is 12.5. The average molecular weight is 497 g/mol. The first-order chi connectivity index (χ1) is 15.9. The molecule has 1 amide bonds. The Morgan fingerprint density at radius 3 is 2.71 bits per heavy atom. The normalized spacial score (nSPS) is 21.1. The summed E-state index contributed by atoms with van der Waals surface area (Å²) in [5, 5.41) is 16.7. The number of halogens is 3.